The van der Waals surface area contributed by atoms with Crippen LogP contribution in [0.4, 0.5) is 0 Å². The van der Waals surface area contributed by atoms with E-state index < -0.39 is 0 Å². The first-order valence-corrected chi connectivity index (χ1v) is 4.94. The van der Waals surface area contributed by atoms with Gasteiger partial charge in [-0.1, -0.05) is 0 Å². The van der Waals surface area contributed by atoms with E-state index in [2.05, 4.69) is 4.90 Å². The van der Waals surface area contributed by atoms with Crippen LogP contribution in [0.1, 0.15) is 26.7 Å². The third kappa shape index (κ3) is 3.24. The number of aliphatic hydroxyl groups excluding tert-OH is 1. The van der Waals surface area contributed by atoms with Gasteiger partial charge in [-0.2, -0.15) is 0 Å². The molecule has 0 spiro atoms. The molecule has 1 aliphatic rings. The Kier molecular flexibility index (Phi) is 3.74. The first kappa shape index (κ1) is 10.8. The molecular weight excluding hydrogens is 178 g/mol. The maximum atomic E-state index is 10.7. The van der Waals surface area contributed by atoms with E-state index in [1.807, 2.05) is 6.92 Å². The van der Waals surface area contributed by atoms with E-state index in [1.165, 1.54) is 25.8 Å². The van der Waals surface area contributed by atoms with Crippen molar-refractivity contribution in [2.45, 2.75) is 26.7 Å². The number of carbonyl (C=O) groups excluding carboxylic acids is 1. The number of rotatable bonds is 3. The molecule has 1 saturated heterocycles. The van der Waals surface area contributed by atoms with E-state index >= 15 is 0 Å². The fourth-order valence-electron chi connectivity index (χ4n) is 1.63. The zero-order valence-corrected chi connectivity index (χ0v) is 8.79. The number of hydrogen-bond donors (Lipinski definition) is 1. The topological polar surface area (TPSA) is 40.5 Å². The van der Waals surface area contributed by atoms with Crippen LogP contribution in [-0.2, 0) is 4.79 Å². The molecule has 0 aliphatic carbocycles. The number of ketones is 1. The first-order valence-electron chi connectivity index (χ1n) is 4.94. The van der Waals surface area contributed by atoms with Crippen LogP contribution in [0.15, 0.2) is 23.6 Å². The van der Waals surface area contributed by atoms with Gasteiger partial charge in [-0.3, -0.25) is 4.79 Å². The molecule has 0 aromatic carbocycles. The van der Waals surface area contributed by atoms with Crippen molar-refractivity contribution >= 4 is 5.78 Å². The van der Waals surface area contributed by atoms with E-state index in [-0.39, 0.29) is 11.5 Å². The molecule has 1 heterocycles. The molecule has 1 rings (SSSR count). The minimum atomic E-state index is -0.132. The Morgan fingerprint density at radius 3 is 2.29 bits per heavy atom. The zero-order chi connectivity index (χ0) is 10.6. The van der Waals surface area contributed by atoms with E-state index in [0.29, 0.717) is 0 Å². The summed E-state index contributed by atoms with van der Waals surface area (Å²) in [7, 11) is 0. The first-order chi connectivity index (χ1) is 6.59. The van der Waals surface area contributed by atoms with Crippen LogP contribution < -0.4 is 0 Å². The van der Waals surface area contributed by atoms with Gasteiger partial charge in [-0.05, 0) is 32.8 Å². The molecule has 3 heteroatoms. The summed E-state index contributed by atoms with van der Waals surface area (Å²) in [5, 5.41) is 9.39. The Balaban J connectivity index is 2.62. The molecule has 0 unspecified atom stereocenters. The van der Waals surface area contributed by atoms with Crippen LogP contribution in [-0.4, -0.2) is 28.9 Å². The highest BCUT2D eigenvalue weighted by Gasteiger charge is 2.11. The van der Waals surface area contributed by atoms with Crippen molar-refractivity contribution in [3.05, 3.63) is 23.6 Å². The minimum Gasteiger partial charge on any atom is -0.508 e. The number of likely N-dealkylation sites (tertiary alicyclic amines) is 1. The van der Waals surface area contributed by atoms with Crippen molar-refractivity contribution in [1.82, 2.24) is 4.90 Å². The molecule has 0 aromatic rings. The molecule has 0 atom stereocenters. The van der Waals surface area contributed by atoms with Crippen molar-refractivity contribution in [2.75, 3.05) is 13.1 Å². The lowest BCUT2D eigenvalue weighted by Crippen LogP contribution is -2.16. The highest BCUT2D eigenvalue weighted by Crippen LogP contribution is 2.14. The van der Waals surface area contributed by atoms with Crippen LogP contribution in [0.2, 0.25) is 0 Å². The Hall–Kier alpha value is -1.25. The SMILES string of the molecule is CC(=O)/C=C(O)\C=C(/C)N1CCCC1. The summed E-state index contributed by atoms with van der Waals surface area (Å²) in [6, 6.07) is 0. The number of allylic oxidation sites excluding steroid dienone is 3. The predicted octanol–water partition coefficient (Wildman–Crippen LogP) is 2.02. The Morgan fingerprint density at radius 1 is 1.21 bits per heavy atom. The average molecular weight is 195 g/mol. The van der Waals surface area contributed by atoms with Crippen LogP contribution >= 0.6 is 0 Å². The van der Waals surface area contributed by atoms with Gasteiger partial charge < -0.3 is 10.0 Å². The standard InChI is InChI=1S/C11H17NO2/c1-9(12-5-3-4-6-12)7-11(14)8-10(2)13/h7-8,14H,3-6H2,1-2H3/b9-7+,11-8+. The molecule has 0 saturated carbocycles. The Bertz CT molecular complexity index is 273. The molecule has 3 nitrogen and oxygen atoms in total. The lowest BCUT2D eigenvalue weighted by atomic mass is 10.3. The number of aliphatic hydroxyl groups is 1. The summed E-state index contributed by atoms with van der Waals surface area (Å²) >= 11 is 0. The molecule has 1 fully saturated rings. The second-order valence-corrected chi connectivity index (χ2v) is 3.66. The van der Waals surface area contributed by atoms with Gasteiger partial charge in [0.25, 0.3) is 0 Å². The van der Waals surface area contributed by atoms with Gasteiger partial charge in [0.2, 0.25) is 0 Å². The second-order valence-electron chi connectivity index (χ2n) is 3.66. The Labute approximate surface area is 84.7 Å². The summed E-state index contributed by atoms with van der Waals surface area (Å²) in [4.78, 5) is 12.9. The predicted molar refractivity (Wildman–Crippen MR) is 56.0 cm³/mol. The summed E-state index contributed by atoms with van der Waals surface area (Å²) in [5.74, 6) is -0.0881. The molecular formula is C11H17NO2. The van der Waals surface area contributed by atoms with E-state index in [9.17, 15) is 9.90 Å². The van der Waals surface area contributed by atoms with Gasteiger partial charge in [0.15, 0.2) is 5.78 Å². The van der Waals surface area contributed by atoms with Gasteiger partial charge in [0.05, 0.1) is 0 Å². The van der Waals surface area contributed by atoms with E-state index in [4.69, 9.17) is 0 Å². The van der Waals surface area contributed by atoms with Gasteiger partial charge in [0, 0.05) is 24.9 Å². The van der Waals surface area contributed by atoms with Crippen LogP contribution in [0, 0.1) is 0 Å². The molecule has 0 radical (unpaired) electrons. The summed E-state index contributed by atoms with van der Waals surface area (Å²) < 4.78 is 0. The largest absolute Gasteiger partial charge is 0.508 e. The maximum Gasteiger partial charge on any atom is 0.156 e. The van der Waals surface area contributed by atoms with Gasteiger partial charge in [0.1, 0.15) is 5.76 Å². The molecule has 78 valence electrons. The van der Waals surface area contributed by atoms with E-state index in [1.54, 1.807) is 6.08 Å². The number of carbonyl (C=O) groups is 1. The van der Waals surface area contributed by atoms with Crippen molar-refractivity contribution in [2.24, 2.45) is 0 Å². The van der Waals surface area contributed by atoms with Gasteiger partial charge in [-0.25, -0.2) is 0 Å². The third-order valence-electron chi connectivity index (χ3n) is 2.31. The van der Waals surface area contributed by atoms with Crippen molar-refractivity contribution < 1.29 is 9.90 Å². The summed E-state index contributed by atoms with van der Waals surface area (Å²) in [5.41, 5.74) is 1.03. The van der Waals surface area contributed by atoms with Gasteiger partial charge in [-0.15, -0.1) is 0 Å². The molecule has 0 bridgehead atoms. The monoisotopic (exact) mass is 195 g/mol. The van der Waals surface area contributed by atoms with Crippen LogP contribution in [0.5, 0.6) is 0 Å². The fraction of sp³-hybridized carbons (Fsp3) is 0.545. The summed E-state index contributed by atoms with van der Waals surface area (Å²) in [6.45, 7) is 5.48. The van der Waals surface area contributed by atoms with E-state index in [0.717, 1.165) is 18.8 Å². The maximum absolute atomic E-state index is 10.7. The fourth-order valence-corrected chi connectivity index (χ4v) is 1.63. The minimum absolute atomic E-state index is 0.0434. The molecule has 0 aromatic heterocycles. The lowest BCUT2D eigenvalue weighted by Gasteiger charge is -2.17. The zero-order valence-electron chi connectivity index (χ0n) is 8.79. The number of nitrogens with zero attached hydrogens (tertiary/aromatic N) is 1. The smallest absolute Gasteiger partial charge is 0.156 e. The molecule has 1 N–H and O–H groups in total. The second kappa shape index (κ2) is 4.84. The molecule has 0 amide bonds. The lowest BCUT2D eigenvalue weighted by molar-refractivity contribution is -0.112. The number of hydrogen-bond acceptors (Lipinski definition) is 3. The van der Waals surface area contributed by atoms with Gasteiger partial charge >= 0.3 is 0 Å². The average Bonchev–Trinajstić information content (AvgIpc) is 2.53. The van der Waals surface area contributed by atoms with Crippen LogP contribution in [0.25, 0.3) is 0 Å². The molecule has 1 aliphatic heterocycles. The highest BCUT2D eigenvalue weighted by atomic mass is 16.3. The summed E-state index contributed by atoms with van der Waals surface area (Å²) in [6.07, 6.45) is 5.30. The Morgan fingerprint density at radius 2 is 1.79 bits per heavy atom. The van der Waals surface area contributed by atoms with Crippen molar-refractivity contribution in [1.29, 1.82) is 0 Å². The third-order valence-corrected chi connectivity index (χ3v) is 2.31. The molecule has 14 heavy (non-hydrogen) atoms. The highest BCUT2D eigenvalue weighted by molar-refractivity contribution is 5.87. The normalized spacial score (nSPS) is 18.9. The van der Waals surface area contributed by atoms with Crippen LogP contribution in [0.3, 0.4) is 0 Å². The van der Waals surface area contributed by atoms with Crippen molar-refractivity contribution in [3.8, 4) is 0 Å². The van der Waals surface area contributed by atoms with Crippen molar-refractivity contribution in [3.63, 3.8) is 0 Å². The quantitative estimate of drug-likeness (QED) is 0.425.